The number of nitrogens with zero attached hydrogens (tertiary/aromatic N) is 2. The molecule has 1 amide bonds. The van der Waals surface area contributed by atoms with E-state index >= 15 is 0 Å². The van der Waals surface area contributed by atoms with Crippen LogP contribution < -0.4 is 5.32 Å². The zero-order valence-corrected chi connectivity index (χ0v) is 21.0. The van der Waals surface area contributed by atoms with Gasteiger partial charge in [0.05, 0.1) is 17.3 Å². The van der Waals surface area contributed by atoms with E-state index in [9.17, 15) is 9.59 Å². The SMILES string of the molecule is O=C(O)c1ccc(CNC(=O)c2cc(-c3ccccc3)cc3cnc(Cc4ccc5ccccc5c4)n23)cc1. The molecule has 6 heteroatoms. The number of rotatable bonds is 7. The van der Waals surface area contributed by atoms with Crippen LogP contribution in [0.5, 0.6) is 0 Å². The summed E-state index contributed by atoms with van der Waals surface area (Å²) in [6.07, 6.45) is 2.38. The van der Waals surface area contributed by atoms with Crippen LogP contribution in [0.1, 0.15) is 37.8 Å². The molecular formula is C33H25N3O3. The van der Waals surface area contributed by atoms with Crippen LogP contribution in [0.4, 0.5) is 0 Å². The molecule has 39 heavy (non-hydrogen) atoms. The van der Waals surface area contributed by atoms with E-state index in [0.29, 0.717) is 12.1 Å². The zero-order chi connectivity index (χ0) is 26.8. The molecule has 0 aliphatic carbocycles. The topological polar surface area (TPSA) is 83.7 Å². The number of hydrogen-bond donors (Lipinski definition) is 2. The Morgan fingerprint density at radius 3 is 2.23 bits per heavy atom. The number of fused-ring (bicyclic) bond motifs is 2. The highest BCUT2D eigenvalue weighted by Gasteiger charge is 2.17. The van der Waals surface area contributed by atoms with Crippen molar-refractivity contribution in [3.63, 3.8) is 0 Å². The second kappa shape index (κ2) is 10.3. The molecule has 0 aliphatic rings. The van der Waals surface area contributed by atoms with Gasteiger partial charge in [-0.3, -0.25) is 9.20 Å². The second-order valence-electron chi connectivity index (χ2n) is 9.47. The summed E-state index contributed by atoms with van der Waals surface area (Å²) < 4.78 is 1.92. The van der Waals surface area contributed by atoms with Crippen molar-refractivity contribution in [2.75, 3.05) is 0 Å². The fourth-order valence-corrected chi connectivity index (χ4v) is 4.86. The van der Waals surface area contributed by atoms with Crippen molar-refractivity contribution in [3.05, 3.63) is 144 Å². The lowest BCUT2D eigenvalue weighted by Crippen LogP contribution is -2.25. The van der Waals surface area contributed by atoms with Crippen LogP contribution in [0.15, 0.2) is 115 Å². The number of amides is 1. The molecule has 190 valence electrons. The van der Waals surface area contributed by atoms with E-state index in [0.717, 1.165) is 39.0 Å². The monoisotopic (exact) mass is 511 g/mol. The van der Waals surface area contributed by atoms with Gasteiger partial charge in [0.25, 0.3) is 5.91 Å². The van der Waals surface area contributed by atoms with Crippen LogP contribution in [0, 0.1) is 0 Å². The first-order valence-corrected chi connectivity index (χ1v) is 12.7. The van der Waals surface area contributed by atoms with E-state index in [1.807, 2.05) is 65.2 Å². The molecule has 0 unspecified atom stereocenters. The average Bonchev–Trinajstić information content (AvgIpc) is 3.38. The smallest absolute Gasteiger partial charge is 0.335 e. The van der Waals surface area contributed by atoms with Crippen LogP contribution in [-0.4, -0.2) is 26.4 Å². The summed E-state index contributed by atoms with van der Waals surface area (Å²) in [5, 5.41) is 14.5. The van der Waals surface area contributed by atoms with Crippen molar-refractivity contribution >= 4 is 28.2 Å². The van der Waals surface area contributed by atoms with Gasteiger partial charge in [0.2, 0.25) is 0 Å². The number of pyridine rings is 1. The molecule has 6 aromatic rings. The van der Waals surface area contributed by atoms with Crippen LogP contribution in [-0.2, 0) is 13.0 Å². The van der Waals surface area contributed by atoms with E-state index in [4.69, 9.17) is 10.1 Å². The third kappa shape index (κ3) is 5.00. The second-order valence-corrected chi connectivity index (χ2v) is 9.47. The van der Waals surface area contributed by atoms with Crippen molar-refractivity contribution in [3.8, 4) is 11.1 Å². The molecule has 0 atom stereocenters. The molecule has 0 spiro atoms. The lowest BCUT2D eigenvalue weighted by molar-refractivity contribution is 0.0696. The normalized spacial score (nSPS) is 11.1. The summed E-state index contributed by atoms with van der Waals surface area (Å²) in [7, 11) is 0. The minimum absolute atomic E-state index is 0.207. The van der Waals surface area contributed by atoms with E-state index in [-0.39, 0.29) is 18.0 Å². The molecule has 2 N–H and O–H groups in total. The lowest BCUT2D eigenvalue weighted by atomic mass is 10.0. The molecular weight excluding hydrogens is 486 g/mol. The summed E-state index contributed by atoms with van der Waals surface area (Å²) in [6, 6.07) is 35.0. The first kappa shape index (κ1) is 24.1. The molecule has 0 saturated heterocycles. The molecule has 2 aromatic heterocycles. The highest BCUT2D eigenvalue weighted by molar-refractivity contribution is 5.95. The van der Waals surface area contributed by atoms with E-state index in [2.05, 4.69) is 35.6 Å². The van der Waals surface area contributed by atoms with Gasteiger partial charge < -0.3 is 10.4 Å². The van der Waals surface area contributed by atoms with Crippen molar-refractivity contribution in [1.82, 2.24) is 14.7 Å². The number of hydrogen-bond acceptors (Lipinski definition) is 3. The van der Waals surface area contributed by atoms with E-state index < -0.39 is 5.97 Å². The maximum Gasteiger partial charge on any atom is 0.335 e. The standard InChI is InChI=1S/C33H25N3O3/c37-32(35-20-22-10-14-26(15-11-22)33(38)39)30-19-28(24-6-2-1-3-7-24)18-29-21-34-31(36(29)30)17-23-12-13-25-8-4-5-9-27(25)16-23/h1-16,18-19,21H,17,20H2,(H,35,37)(H,38,39). The van der Waals surface area contributed by atoms with Crippen molar-refractivity contribution in [2.24, 2.45) is 0 Å². The van der Waals surface area contributed by atoms with Gasteiger partial charge in [-0.05, 0) is 57.3 Å². The molecule has 2 heterocycles. The van der Waals surface area contributed by atoms with Crippen molar-refractivity contribution in [2.45, 2.75) is 13.0 Å². The van der Waals surface area contributed by atoms with E-state index in [1.165, 1.54) is 17.5 Å². The fourth-order valence-electron chi connectivity index (χ4n) is 4.86. The Hall–Kier alpha value is -5.23. The van der Waals surface area contributed by atoms with Gasteiger partial charge in [0.1, 0.15) is 11.5 Å². The summed E-state index contributed by atoms with van der Waals surface area (Å²) in [5.41, 5.74) is 5.39. The van der Waals surface area contributed by atoms with Crippen LogP contribution in [0.3, 0.4) is 0 Å². The Labute approximate surface area is 225 Å². The average molecular weight is 512 g/mol. The minimum Gasteiger partial charge on any atom is -0.478 e. The van der Waals surface area contributed by atoms with Gasteiger partial charge in [0, 0.05) is 13.0 Å². The number of benzene rings is 4. The number of carbonyl (C=O) groups is 2. The highest BCUT2D eigenvalue weighted by Crippen LogP contribution is 2.26. The molecule has 0 aliphatic heterocycles. The molecule has 6 nitrogen and oxygen atoms in total. The largest absolute Gasteiger partial charge is 0.478 e. The molecule has 6 rings (SSSR count). The predicted molar refractivity (Wildman–Crippen MR) is 152 cm³/mol. The predicted octanol–water partition coefficient (Wildman–Crippen LogP) is 6.37. The van der Waals surface area contributed by atoms with Gasteiger partial charge in [-0.2, -0.15) is 0 Å². The molecule has 0 fully saturated rings. The number of carbonyl (C=O) groups excluding carboxylic acids is 1. The molecule has 0 bridgehead atoms. The maximum absolute atomic E-state index is 13.6. The van der Waals surface area contributed by atoms with Gasteiger partial charge in [-0.1, -0.05) is 84.9 Å². The van der Waals surface area contributed by atoms with Crippen LogP contribution in [0.2, 0.25) is 0 Å². The first-order valence-electron chi connectivity index (χ1n) is 12.7. The minimum atomic E-state index is -0.982. The summed E-state index contributed by atoms with van der Waals surface area (Å²) >= 11 is 0. The maximum atomic E-state index is 13.6. The highest BCUT2D eigenvalue weighted by atomic mass is 16.4. The Morgan fingerprint density at radius 2 is 1.46 bits per heavy atom. The van der Waals surface area contributed by atoms with Gasteiger partial charge in [-0.25, -0.2) is 9.78 Å². The number of nitrogens with one attached hydrogen (secondary N) is 1. The molecule has 0 radical (unpaired) electrons. The van der Waals surface area contributed by atoms with E-state index in [1.54, 1.807) is 12.1 Å². The number of aromatic carboxylic acids is 1. The third-order valence-corrected chi connectivity index (χ3v) is 6.87. The summed E-state index contributed by atoms with van der Waals surface area (Å²) in [4.78, 5) is 29.5. The Morgan fingerprint density at radius 1 is 0.744 bits per heavy atom. The molecule has 4 aromatic carbocycles. The number of carboxylic acids is 1. The van der Waals surface area contributed by atoms with Gasteiger partial charge >= 0.3 is 5.97 Å². The quantitative estimate of drug-likeness (QED) is 0.261. The third-order valence-electron chi connectivity index (χ3n) is 6.87. The number of aromatic nitrogens is 2. The lowest BCUT2D eigenvalue weighted by Gasteiger charge is -2.13. The number of imidazole rings is 1. The summed E-state index contributed by atoms with van der Waals surface area (Å²) in [5.74, 6) is -0.446. The fraction of sp³-hybridized carbons (Fsp3) is 0.0606. The molecule has 0 saturated carbocycles. The van der Waals surface area contributed by atoms with Gasteiger partial charge in [-0.15, -0.1) is 0 Å². The van der Waals surface area contributed by atoms with Crippen LogP contribution >= 0.6 is 0 Å². The summed E-state index contributed by atoms with van der Waals surface area (Å²) in [6.45, 7) is 0.268. The Bertz CT molecular complexity index is 1820. The Balaban J connectivity index is 1.36. The first-order chi connectivity index (χ1) is 19.0. The van der Waals surface area contributed by atoms with Crippen molar-refractivity contribution in [1.29, 1.82) is 0 Å². The van der Waals surface area contributed by atoms with Crippen LogP contribution in [0.25, 0.3) is 27.4 Å². The number of carboxylic acid groups (broad SMARTS) is 1. The van der Waals surface area contributed by atoms with Crippen molar-refractivity contribution < 1.29 is 14.7 Å². The van der Waals surface area contributed by atoms with Gasteiger partial charge in [0.15, 0.2) is 0 Å². The zero-order valence-electron chi connectivity index (χ0n) is 21.0. The Kier molecular flexibility index (Phi) is 6.35.